The minimum absolute atomic E-state index is 0.00883. The largest absolute Gasteiger partial charge is 0.348 e. The van der Waals surface area contributed by atoms with Gasteiger partial charge in [-0.25, -0.2) is 0 Å². The average molecular weight is 315 g/mol. The van der Waals surface area contributed by atoms with Crippen molar-refractivity contribution in [1.29, 1.82) is 0 Å². The lowest BCUT2D eigenvalue weighted by atomic mass is 10.0. The first-order valence-electron chi connectivity index (χ1n) is 5.10. The zero-order valence-corrected chi connectivity index (χ0v) is 10.9. The number of ketones is 1. The molecule has 0 aliphatic carbocycles. The van der Waals surface area contributed by atoms with Crippen molar-refractivity contribution in [3.05, 3.63) is 39.9 Å². The van der Waals surface area contributed by atoms with Gasteiger partial charge in [0.15, 0.2) is 5.78 Å². The highest BCUT2D eigenvalue weighted by atomic mass is 79.9. The molecule has 0 aliphatic heterocycles. The Kier molecular flexibility index (Phi) is 5.44. The van der Waals surface area contributed by atoms with Crippen LogP contribution in [0.2, 0.25) is 0 Å². The van der Waals surface area contributed by atoms with E-state index in [2.05, 4.69) is 21.2 Å². The third-order valence-corrected chi connectivity index (χ3v) is 2.93. The molecule has 1 aromatic carbocycles. The topological polar surface area (TPSA) is 89.3 Å². The summed E-state index contributed by atoms with van der Waals surface area (Å²) in [5.74, 6) is -0.152. The molecule has 0 heterocycles. The van der Waals surface area contributed by atoms with Gasteiger partial charge in [0.1, 0.15) is 0 Å². The van der Waals surface area contributed by atoms with Gasteiger partial charge in [0.25, 0.3) is 5.69 Å². The van der Waals surface area contributed by atoms with E-state index in [1.54, 1.807) is 12.1 Å². The van der Waals surface area contributed by atoms with E-state index in [1.807, 2.05) is 0 Å². The normalized spacial score (nSPS) is 11.6. The van der Waals surface area contributed by atoms with Gasteiger partial charge in [-0.1, -0.05) is 28.1 Å². The molecule has 1 N–H and O–H groups in total. The SMILES string of the molecule is O=CN[C@@H](Cc1ccc([N+](=O)[O-])cc1)C(=O)CBr. The molecule has 1 atom stereocenters. The van der Waals surface area contributed by atoms with Gasteiger partial charge in [0, 0.05) is 12.1 Å². The summed E-state index contributed by atoms with van der Waals surface area (Å²) in [6.07, 6.45) is 0.776. The summed E-state index contributed by atoms with van der Waals surface area (Å²) in [4.78, 5) is 31.9. The van der Waals surface area contributed by atoms with Gasteiger partial charge in [-0.15, -0.1) is 0 Å². The van der Waals surface area contributed by atoms with E-state index in [-0.39, 0.29) is 16.8 Å². The fraction of sp³-hybridized carbons (Fsp3) is 0.273. The van der Waals surface area contributed by atoms with Gasteiger partial charge >= 0.3 is 0 Å². The summed E-state index contributed by atoms with van der Waals surface area (Å²) in [5, 5.41) is 13.0. The van der Waals surface area contributed by atoms with Crippen LogP contribution in [0.5, 0.6) is 0 Å². The quantitative estimate of drug-likeness (QED) is 0.354. The van der Waals surface area contributed by atoms with Crippen molar-refractivity contribution >= 4 is 33.8 Å². The van der Waals surface area contributed by atoms with Crippen LogP contribution in [-0.2, 0) is 16.0 Å². The number of nitro benzene ring substituents is 1. The first kappa shape index (κ1) is 14.3. The second kappa shape index (κ2) is 6.85. The van der Waals surface area contributed by atoms with Crippen LogP contribution >= 0.6 is 15.9 Å². The molecule has 0 unspecified atom stereocenters. The van der Waals surface area contributed by atoms with E-state index in [0.29, 0.717) is 12.8 Å². The highest BCUT2D eigenvalue weighted by molar-refractivity contribution is 9.09. The van der Waals surface area contributed by atoms with Crippen molar-refractivity contribution < 1.29 is 14.5 Å². The number of hydrogen-bond donors (Lipinski definition) is 1. The minimum atomic E-state index is -0.622. The third-order valence-electron chi connectivity index (χ3n) is 2.38. The number of nitrogens with zero attached hydrogens (tertiary/aromatic N) is 1. The van der Waals surface area contributed by atoms with E-state index in [0.717, 1.165) is 5.56 Å². The number of amides is 1. The molecule has 0 saturated carbocycles. The van der Waals surface area contributed by atoms with Gasteiger partial charge in [-0.3, -0.25) is 19.7 Å². The second-order valence-electron chi connectivity index (χ2n) is 3.56. The van der Waals surface area contributed by atoms with Crippen LogP contribution in [0.25, 0.3) is 0 Å². The molecule has 7 heteroatoms. The van der Waals surface area contributed by atoms with Crippen molar-refractivity contribution in [2.75, 3.05) is 5.33 Å². The Hall–Kier alpha value is -1.76. The number of nitro groups is 1. The Morgan fingerprint density at radius 1 is 1.44 bits per heavy atom. The summed E-state index contributed by atoms with van der Waals surface area (Å²) in [6.45, 7) is 0. The lowest BCUT2D eigenvalue weighted by Crippen LogP contribution is -2.38. The van der Waals surface area contributed by atoms with Crippen molar-refractivity contribution in [3.63, 3.8) is 0 Å². The van der Waals surface area contributed by atoms with Crippen molar-refractivity contribution in [2.24, 2.45) is 0 Å². The molecule has 6 nitrogen and oxygen atoms in total. The van der Waals surface area contributed by atoms with Crippen molar-refractivity contribution in [2.45, 2.75) is 12.5 Å². The lowest BCUT2D eigenvalue weighted by molar-refractivity contribution is -0.384. The molecular weight excluding hydrogens is 304 g/mol. The monoisotopic (exact) mass is 314 g/mol. The van der Waals surface area contributed by atoms with Crippen LogP contribution in [0.4, 0.5) is 5.69 Å². The Morgan fingerprint density at radius 2 is 2.06 bits per heavy atom. The molecule has 0 saturated heterocycles. The molecule has 0 aliphatic rings. The maximum absolute atomic E-state index is 11.5. The number of nitrogens with one attached hydrogen (secondary N) is 1. The number of non-ortho nitro benzene ring substituents is 1. The highest BCUT2D eigenvalue weighted by Gasteiger charge is 2.17. The maximum Gasteiger partial charge on any atom is 0.269 e. The van der Waals surface area contributed by atoms with Gasteiger partial charge in [0.2, 0.25) is 6.41 Å². The fourth-order valence-corrected chi connectivity index (χ4v) is 1.82. The Bertz CT molecular complexity index is 447. The van der Waals surface area contributed by atoms with Crippen LogP contribution in [0.1, 0.15) is 5.56 Å². The molecule has 0 spiro atoms. The van der Waals surface area contributed by atoms with Gasteiger partial charge < -0.3 is 5.32 Å². The first-order valence-corrected chi connectivity index (χ1v) is 6.22. The van der Waals surface area contributed by atoms with Crippen molar-refractivity contribution in [3.8, 4) is 0 Å². The molecule has 0 aromatic heterocycles. The number of benzene rings is 1. The van der Waals surface area contributed by atoms with E-state index in [1.165, 1.54) is 12.1 Å². The number of halogens is 1. The van der Waals surface area contributed by atoms with E-state index in [4.69, 9.17) is 0 Å². The standard InChI is InChI=1S/C11H11BrN2O4/c12-6-11(16)10(13-7-15)5-8-1-3-9(4-2-8)14(17)18/h1-4,7,10H,5-6H2,(H,13,15)/t10-/m0/s1. The summed E-state index contributed by atoms with van der Waals surface area (Å²) < 4.78 is 0. The fourth-order valence-electron chi connectivity index (χ4n) is 1.43. The summed E-state index contributed by atoms with van der Waals surface area (Å²) >= 11 is 3.03. The molecule has 18 heavy (non-hydrogen) atoms. The predicted molar refractivity (Wildman–Crippen MR) is 68.6 cm³/mol. The smallest absolute Gasteiger partial charge is 0.269 e. The number of alkyl halides is 1. The summed E-state index contributed by atoms with van der Waals surface area (Å²) in [7, 11) is 0. The zero-order chi connectivity index (χ0) is 13.5. The average Bonchev–Trinajstić information content (AvgIpc) is 2.38. The predicted octanol–water partition coefficient (Wildman–Crippen LogP) is 1.22. The second-order valence-corrected chi connectivity index (χ2v) is 4.13. The van der Waals surface area contributed by atoms with Crippen molar-refractivity contribution in [1.82, 2.24) is 5.32 Å². The van der Waals surface area contributed by atoms with Gasteiger partial charge in [-0.2, -0.15) is 0 Å². The van der Waals surface area contributed by atoms with Crippen LogP contribution in [0.15, 0.2) is 24.3 Å². The number of rotatable bonds is 7. The minimum Gasteiger partial charge on any atom is -0.348 e. The Labute approximate surface area is 112 Å². The lowest BCUT2D eigenvalue weighted by Gasteiger charge is -2.13. The number of hydrogen-bond acceptors (Lipinski definition) is 4. The molecule has 1 amide bonds. The number of Topliss-reactive ketones (excluding diaryl/α,β-unsaturated/α-hetero) is 1. The maximum atomic E-state index is 11.5. The summed E-state index contributed by atoms with van der Waals surface area (Å²) in [6, 6.07) is 5.25. The van der Waals surface area contributed by atoms with Crippen LogP contribution in [0, 0.1) is 10.1 Å². The first-order chi connectivity index (χ1) is 8.58. The van der Waals surface area contributed by atoms with Crippen LogP contribution < -0.4 is 5.32 Å². The van der Waals surface area contributed by atoms with E-state index >= 15 is 0 Å². The van der Waals surface area contributed by atoms with Crippen LogP contribution in [0.3, 0.4) is 0 Å². The molecule has 0 bridgehead atoms. The summed E-state index contributed by atoms with van der Waals surface area (Å²) in [5.41, 5.74) is 0.736. The molecule has 0 fully saturated rings. The highest BCUT2D eigenvalue weighted by Crippen LogP contribution is 2.13. The molecule has 96 valence electrons. The number of carbonyl (C=O) groups excluding carboxylic acids is 2. The van der Waals surface area contributed by atoms with Gasteiger partial charge in [-0.05, 0) is 12.0 Å². The molecule has 0 radical (unpaired) electrons. The zero-order valence-electron chi connectivity index (χ0n) is 9.34. The third kappa shape index (κ3) is 3.92. The van der Waals surface area contributed by atoms with E-state index < -0.39 is 11.0 Å². The van der Waals surface area contributed by atoms with Gasteiger partial charge in [0.05, 0.1) is 16.3 Å². The molecule has 1 rings (SSSR count). The Morgan fingerprint density at radius 3 is 2.50 bits per heavy atom. The number of carbonyl (C=O) groups is 2. The molecule has 1 aromatic rings. The Balaban J connectivity index is 2.77. The molecular formula is C11H11BrN2O4. The van der Waals surface area contributed by atoms with Crippen LogP contribution in [-0.4, -0.2) is 28.5 Å². The van der Waals surface area contributed by atoms with E-state index in [9.17, 15) is 19.7 Å².